The minimum atomic E-state index is -0.984. The van der Waals surface area contributed by atoms with Crippen molar-refractivity contribution in [2.24, 2.45) is 5.92 Å². The summed E-state index contributed by atoms with van der Waals surface area (Å²) in [6.07, 6.45) is 3.86. The van der Waals surface area contributed by atoms with Crippen LogP contribution in [0.3, 0.4) is 0 Å². The van der Waals surface area contributed by atoms with Crippen molar-refractivity contribution in [2.75, 3.05) is 23.9 Å². The monoisotopic (exact) mass is 384 g/mol. The van der Waals surface area contributed by atoms with Crippen molar-refractivity contribution < 1.29 is 18.3 Å². The number of anilines is 3. The molecule has 28 heavy (non-hydrogen) atoms. The molecule has 1 aromatic heterocycles. The highest BCUT2D eigenvalue weighted by Gasteiger charge is 2.25. The molecule has 2 aromatic carbocycles. The summed E-state index contributed by atoms with van der Waals surface area (Å²) in [5.74, 6) is -0.981. The highest BCUT2D eigenvalue weighted by Crippen LogP contribution is 2.36. The van der Waals surface area contributed by atoms with Crippen LogP contribution in [0, 0.1) is 17.6 Å². The lowest BCUT2D eigenvalue weighted by Crippen LogP contribution is -2.35. The molecular weight excluding hydrogens is 366 g/mol. The summed E-state index contributed by atoms with van der Waals surface area (Å²) < 4.78 is 36.4. The molecule has 3 aromatic rings. The molecule has 2 heterocycles. The van der Waals surface area contributed by atoms with Gasteiger partial charge in [0.2, 0.25) is 0 Å². The molecular formula is C20H18F2N4O2. The third-order valence-electron chi connectivity index (χ3n) is 5.27. The first kappa shape index (κ1) is 17.0. The first-order valence-corrected chi connectivity index (χ1v) is 9.14. The Hall–Kier alpha value is -3.16. The molecule has 6 nitrogen and oxygen atoms in total. The van der Waals surface area contributed by atoms with Gasteiger partial charge >= 0.3 is 0 Å². The molecule has 5 rings (SSSR count). The number of benzene rings is 2. The Bertz CT molecular complexity index is 1110. The molecule has 0 bridgehead atoms. The number of carbonyl (C=O) groups is 1. The molecule has 2 aliphatic rings. The van der Waals surface area contributed by atoms with Crippen LogP contribution < -0.4 is 15.0 Å². The molecule has 8 heteroatoms. The lowest BCUT2D eigenvalue weighted by atomic mass is 10.2. The largest absolute Gasteiger partial charge is 0.482 e. The topological polar surface area (TPSA) is 59.4 Å². The summed E-state index contributed by atoms with van der Waals surface area (Å²) in [6.45, 7) is 0.738. The zero-order valence-corrected chi connectivity index (χ0v) is 15.2. The van der Waals surface area contributed by atoms with E-state index in [9.17, 15) is 13.6 Å². The number of fused-ring (bicyclic) bond motifs is 2. The van der Waals surface area contributed by atoms with Crippen LogP contribution in [0.4, 0.5) is 25.8 Å². The molecule has 1 N–H and O–H groups in total. The second-order valence-corrected chi connectivity index (χ2v) is 7.31. The van der Waals surface area contributed by atoms with Gasteiger partial charge in [0.05, 0.1) is 23.2 Å². The normalized spacial score (nSPS) is 16.2. The number of aromatic nitrogens is 2. The first-order valence-electron chi connectivity index (χ1n) is 9.14. The highest BCUT2D eigenvalue weighted by molar-refractivity contribution is 5.98. The van der Waals surface area contributed by atoms with Gasteiger partial charge in [0, 0.05) is 19.3 Å². The van der Waals surface area contributed by atoms with Crippen molar-refractivity contribution in [3.8, 4) is 5.75 Å². The van der Waals surface area contributed by atoms with Gasteiger partial charge in [0.25, 0.3) is 5.91 Å². The van der Waals surface area contributed by atoms with Crippen LogP contribution >= 0.6 is 0 Å². The number of nitrogens with zero attached hydrogens (tertiary/aromatic N) is 3. The van der Waals surface area contributed by atoms with Gasteiger partial charge in [-0.25, -0.2) is 13.8 Å². The average molecular weight is 384 g/mol. The van der Waals surface area contributed by atoms with E-state index in [0.717, 1.165) is 19.4 Å². The van der Waals surface area contributed by atoms with E-state index in [2.05, 4.69) is 10.3 Å². The molecule has 1 aliphatic heterocycles. The van der Waals surface area contributed by atoms with E-state index < -0.39 is 11.6 Å². The van der Waals surface area contributed by atoms with Gasteiger partial charge in [0.1, 0.15) is 11.3 Å². The molecule has 0 radical (unpaired) electrons. The number of amides is 1. The molecule has 1 aliphatic carbocycles. The zero-order valence-electron chi connectivity index (χ0n) is 15.2. The summed E-state index contributed by atoms with van der Waals surface area (Å²) in [6, 6.07) is 6.65. The number of nitrogens with one attached hydrogen (secondary N) is 1. The summed E-state index contributed by atoms with van der Waals surface area (Å²) >= 11 is 0. The van der Waals surface area contributed by atoms with Crippen molar-refractivity contribution in [3.63, 3.8) is 0 Å². The Morgan fingerprint density at radius 1 is 1.25 bits per heavy atom. The van der Waals surface area contributed by atoms with Crippen LogP contribution in [0.1, 0.15) is 12.8 Å². The van der Waals surface area contributed by atoms with Crippen molar-refractivity contribution in [2.45, 2.75) is 19.4 Å². The third-order valence-corrected chi connectivity index (χ3v) is 5.27. The second-order valence-electron chi connectivity index (χ2n) is 7.31. The molecule has 0 atom stereocenters. The Kier molecular flexibility index (Phi) is 3.75. The van der Waals surface area contributed by atoms with Crippen molar-refractivity contribution >= 4 is 34.0 Å². The van der Waals surface area contributed by atoms with Crippen LogP contribution in [0.5, 0.6) is 5.75 Å². The molecule has 1 amide bonds. The van der Waals surface area contributed by atoms with Gasteiger partial charge in [-0.2, -0.15) is 0 Å². The summed E-state index contributed by atoms with van der Waals surface area (Å²) in [5, 5.41) is 2.93. The van der Waals surface area contributed by atoms with Gasteiger partial charge in [-0.15, -0.1) is 0 Å². The van der Waals surface area contributed by atoms with Gasteiger partial charge in [-0.1, -0.05) is 0 Å². The number of ether oxygens (including phenoxy) is 1. The Balaban J connectivity index is 1.52. The first-order chi connectivity index (χ1) is 13.5. The maximum absolute atomic E-state index is 14.6. The fourth-order valence-corrected chi connectivity index (χ4v) is 3.45. The van der Waals surface area contributed by atoms with Gasteiger partial charge in [-0.05, 0) is 43.0 Å². The summed E-state index contributed by atoms with van der Waals surface area (Å²) in [4.78, 5) is 17.4. The Labute approximate surface area is 159 Å². The van der Waals surface area contributed by atoms with Crippen molar-refractivity contribution in [1.29, 1.82) is 0 Å². The maximum atomic E-state index is 14.6. The molecule has 1 fully saturated rings. The van der Waals surface area contributed by atoms with E-state index >= 15 is 0 Å². The Morgan fingerprint density at radius 2 is 2.07 bits per heavy atom. The van der Waals surface area contributed by atoms with Gasteiger partial charge < -0.3 is 19.5 Å². The van der Waals surface area contributed by atoms with Crippen LogP contribution in [0.15, 0.2) is 30.6 Å². The highest BCUT2D eigenvalue weighted by atomic mass is 19.2. The average Bonchev–Trinajstić information content (AvgIpc) is 3.42. The smallest absolute Gasteiger partial charge is 0.264 e. The predicted molar refractivity (Wildman–Crippen MR) is 101 cm³/mol. The van der Waals surface area contributed by atoms with Crippen LogP contribution in [0.2, 0.25) is 0 Å². The predicted octanol–water partition coefficient (Wildman–Crippen LogP) is 3.82. The van der Waals surface area contributed by atoms with Crippen LogP contribution in [0.25, 0.3) is 11.0 Å². The fraction of sp³-hybridized carbons (Fsp3) is 0.300. The zero-order chi connectivity index (χ0) is 19.4. The Morgan fingerprint density at radius 3 is 2.86 bits per heavy atom. The van der Waals surface area contributed by atoms with E-state index in [1.165, 1.54) is 4.90 Å². The van der Waals surface area contributed by atoms with Crippen LogP contribution in [-0.2, 0) is 11.3 Å². The molecule has 0 spiro atoms. The minimum absolute atomic E-state index is 0.0161. The molecule has 0 saturated heterocycles. The molecule has 1 saturated carbocycles. The number of carbonyl (C=O) groups excluding carboxylic acids is 1. The van der Waals surface area contributed by atoms with E-state index in [1.54, 1.807) is 37.6 Å². The number of imidazole rings is 1. The van der Waals surface area contributed by atoms with Crippen LogP contribution in [-0.4, -0.2) is 29.1 Å². The van der Waals surface area contributed by atoms with E-state index in [4.69, 9.17) is 4.74 Å². The quantitative estimate of drug-likeness (QED) is 0.743. The number of hydrogen-bond donors (Lipinski definition) is 1. The number of rotatable bonds is 4. The van der Waals surface area contributed by atoms with Gasteiger partial charge in [0.15, 0.2) is 18.2 Å². The van der Waals surface area contributed by atoms with E-state index in [-0.39, 0.29) is 23.7 Å². The third kappa shape index (κ3) is 2.76. The lowest BCUT2D eigenvalue weighted by Gasteiger charge is -2.26. The van der Waals surface area contributed by atoms with E-state index in [1.807, 2.05) is 4.57 Å². The lowest BCUT2D eigenvalue weighted by molar-refractivity contribution is -0.120. The number of halogens is 2. The van der Waals surface area contributed by atoms with Crippen molar-refractivity contribution in [3.05, 3.63) is 42.2 Å². The fourth-order valence-electron chi connectivity index (χ4n) is 3.45. The summed E-state index contributed by atoms with van der Waals surface area (Å²) in [5.41, 5.74) is 1.71. The molecule has 144 valence electrons. The van der Waals surface area contributed by atoms with Crippen molar-refractivity contribution in [1.82, 2.24) is 9.55 Å². The number of hydrogen-bond acceptors (Lipinski definition) is 4. The number of likely N-dealkylation sites (N-methyl/N-ethyl adjacent to an activating group) is 1. The second kappa shape index (κ2) is 6.19. The molecule has 0 unspecified atom stereocenters. The standard InChI is InChI=1S/C20H18F2N4O2/c1-25-14-6-12(4-5-16(14)28-9-17(25)27)24-13-7-15-20(19(22)18(13)21)23-10-26(15)8-11-2-3-11/h4-7,10-11,24H,2-3,8-9H2,1H3. The van der Waals surface area contributed by atoms with Gasteiger partial charge in [-0.3, -0.25) is 4.79 Å². The summed E-state index contributed by atoms with van der Waals surface area (Å²) in [7, 11) is 1.65. The minimum Gasteiger partial charge on any atom is -0.482 e. The maximum Gasteiger partial charge on any atom is 0.264 e. The SMILES string of the molecule is CN1C(=O)COc2ccc(Nc3cc4c(ncn4CC4CC4)c(F)c3F)cc21. The van der Waals surface area contributed by atoms with E-state index in [0.29, 0.717) is 28.6 Å².